The van der Waals surface area contributed by atoms with Crippen LogP contribution in [-0.2, 0) is 0 Å². The summed E-state index contributed by atoms with van der Waals surface area (Å²) in [5.74, 6) is 1.10. The molecular weight excluding hydrogens is 178 g/mol. The van der Waals surface area contributed by atoms with Crippen LogP contribution in [-0.4, -0.2) is 11.7 Å². The number of primary amides is 1. The van der Waals surface area contributed by atoms with Crippen molar-refractivity contribution in [2.24, 2.45) is 22.7 Å². The van der Waals surface area contributed by atoms with E-state index in [2.05, 4.69) is 34.8 Å². The highest BCUT2D eigenvalue weighted by atomic mass is 16.2. The van der Waals surface area contributed by atoms with E-state index in [1.807, 2.05) is 0 Å². The van der Waals surface area contributed by atoms with Gasteiger partial charge in [0.15, 0.2) is 0 Å². The second kappa shape index (κ2) is 3.65. The summed E-state index contributed by atoms with van der Waals surface area (Å²) in [4.78, 5) is 10.4. The third-order valence-corrected chi connectivity index (χ3v) is 2.64. The number of nitrogens with two attached hydrogens (primary N) is 1. The largest absolute Gasteiger partial charge is 0.350 e. The van der Waals surface area contributed by atoms with Gasteiger partial charge in [0.25, 0.3) is 0 Å². The molecule has 74 valence electrons. The molecule has 2 aliphatic carbocycles. The Balaban J connectivity index is 2.00. The fourth-order valence-corrected chi connectivity index (χ4v) is 1.99. The van der Waals surface area contributed by atoms with Gasteiger partial charge in [-0.3, -0.25) is 0 Å². The van der Waals surface area contributed by atoms with Gasteiger partial charge in [-0.2, -0.15) is 5.10 Å². The number of amides is 2. The normalized spacial score (nSPS) is 31.9. The van der Waals surface area contributed by atoms with Crippen LogP contribution >= 0.6 is 0 Å². The Kier molecular flexibility index (Phi) is 2.35. The molecule has 0 aromatic rings. The summed E-state index contributed by atoms with van der Waals surface area (Å²) >= 11 is 0. The van der Waals surface area contributed by atoms with Gasteiger partial charge in [0.1, 0.15) is 0 Å². The maximum absolute atomic E-state index is 10.4. The van der Waals surface area contributed by atoms with Crippen molar-refractivity contribution in [2.45, 2.75) is 12.8 Å². The third-order valence-electron chi connectivity index (χ3n) is 2.64. The van der Waals surface area contributed by atoms with Crippen molar-refractivity contribution in [3.05, 3.63) is 24.3 Å². The Morgan fingerprint density at radius 2 is 1.93 bits per heavy atom. The van der Waals surface area contributed by atoms with Crippen LogP contribution in [0.3, 0.4) is 0 Å². The molecule has 4 nitrogen and oxygen atoms in total. The van der Waals surface area contributed by atoms with Gasteiger partial charge in [-0.05, 0) is 24.7 Å². The van der Waals surface area contributed by atoms with Gasteiger partial charge in [0.05, 0.1) is 0 Å². The van der Waals surface area contributed by atoms with Gasteiger partial charge in [-0.1, -0.05) is 24.3 Å². The highest BCUT2D eigenvalue weighted by molar-refractivity contribution is 5.88. The molecule has 0 aromatic heterocycles. The Labute approximate surface area is 82.5 Å². The summed E-state index contributed by atoms with van der Waals surface area (Å²) in [6.07, 6.45) is 10.4. The molecule has 4 heteroatoms. The molecule has 0 spiro atoms. The number of hydrogen-bond donors (Lipinski definition) is 2. The lowest BCUT2D eigenvalue weighted by atomic mass is 9.92. The SMILES string of the molecule is NC(=O)NN=C1C[C@H]2C=CC=C[C@H]2C1. The van der Waals surface area contributed by atoms with Gasteiger partial charge < -0.3 is 5.73 Å². The number of carbonyl (C=O) groups excluding carboxylic acids is 1. The predicted octanol–water partition coefficient (Wildman–Crippen LogP) is 1.16. The molecule has 0 heterocycles. The van der Waals surface area contributed by atoms with E-state index in [1.165, 1.54) is 0 Å². The lowest BCUT2D eigenvalue weighted by Gasteiger charge is -2.12. The first-order valence-corrected chi connectivity index (χ1v) is 4.71. The van der Waals surface area contributed by atoms with E-state index in [0.717, 1.165) is 18.6 Å². The topological polar surface area (TPSA) is 67.5 Å². The average Bonchev–Trinajstić information content (AvgIpc) is 2.57. The van der Waals surface area contributed by atoms with Gasteiger partial charge in [-0.25, -0.2) is 10.2 Å². The predicted molar refractivity (Wildman–Crippen MR) is 54.6 cm³/mol. The quantitative estimate of drug-likeness (QED) is 0.600. The number of urea groups is 1. The van der Waals surface area contributed by atoms with Gasteiger partial charge in [0.2, 0.25) is 0 Å². The number of carbonyl (C=O) groups is 1. The number of allylic oxidation sites excluding steroid dienone is 4. The zero-order valence-electron chi connectivity index (χ0n) is 7.81. The average molecular weight is 191 g/mol. The van der Waals surface area contributed by atoms with E-state index in [9.17, 15) is 4.79 Å². The standard InChI is InChI=1S/C10H13N3O/c11-10(14)13-12-9-5-7-3-1-2-4-8(7)6-9/h1-4,7-8H,5-6H2,(H3,11,13,14)/t7-,8+. The fourth-order valence-electron chi connectivity index (χ4n) is 1.99. The lowest BCUT2D eigenvalue weighted by Crippen LogP contribution is -2.25. The maximum Gasteiger partial charge on any atom is 0.332 e. The summed E-state index contributed by atoms with van der Waals surface area (Å²) in [7, 11) is 0. The molecule has 2 aliphatic rings. The van der Waals surface area contributed by atoms with E-state index in [4.69, 9.17) is 5.73 Å². The van der Waals surface area contributed by atoms with Gasteiger partial charge >= 0.3 is 6.03 Å². The van der Waals surface area contributed by atoms with Crippen molar-refractivity contribution in [2.75, 3.05) is 0 Å². The minimum Gasteiger partial charge on any atom is -0.350 e. The number of hydrazone groups is 1. The fraction of sp³-hybridized carbons (Fsp3) is 0.400. The smallest absolute Gasteiger partial charge is 0.332 e. The van der Waals surface area contributed by atoms with Gasteiger partial charge in [0, 0.05) is 5.71 Å². The number of rotatable bonds is 1. The monoisotopic (exact) mass is 191 g/mol. The van der Waals surface area contributed by atoms with E-state index in [0.29, 0.717) is 11.8 Å². The van der Waals surface area contributed by atoms with Crippen molar-refractivity contribution in [3.8, 4) is 0 Å². The molecule has 14 heavy (non-hydrogen) atoms. The number of fused-ring (bicyclic) bond motifs is 1. The molecular formula is C10H13N3O. The molecule has 1 saturated carbocycles. The van der Waals surface area contributed by atoms with Crippen LogP contribution < -0.4 is 11.2 Å². The maximum atomic E-state index is 10.4. The van der Waals surface area contributed by atoms with Crippen molar-refractivity contribution < 1.29 is 4.79 Å². The number of nitrogens with one attached hydrogen (secondary N) is 1. The minimum absolute atomic E-state index is 0.549. The molecule has 2 atom stereocenters. The zero-order chi connectivity index (χ0) is 9.97. The van der Waals surface area contributed by atoms with Crippen LogP contribution in [0, 0.1) is 11.8 Å². The summed E-state index contributed by atoms with van der Waals surface area (Å²) in [5, 5.41) is 3.97. The first-order valence-electron chi connectivity index (χ1n) is 4.71. The van der Waals surface area contributed by atoms with Crippen LogP contribution in [0.2, 0.25) is 0 Å². The Bertz CT molecular complexity index is 308. The van der Waals surface area contributed by atoms with Crippen LogP contribution in [0.15, 0.2) is 29.4 Å². The molecule has 1 fully saturated rings. The number of hydrogen-bond acceptors (Lipinski definition) is 2. The molecule has 0 aliphatic heterocycles. The Morgan fingerprint density at radius 3 is 2.43 bits per heavy atom. The van der Waals surface area contributed by atoms with Crippen molar-refractivity contribution in [3.63, 3.8) is 0 Å². The van der Waals surface area contributed by atoms with Crippen molar-refractivity contribution in [1.29, 1.82) is 0 Å². The minimum atomic E-state index is -0.599. The highest BCUT2D eigenvalue weighted by Gasteiger charge is 2.28. The molecule has 0 unspecified atom stereocenters. The first kappa shape index (κ1) is 8.99. The first-order chi connectivity index (χ1) is 6.75. The summed E-state index contributed by atoms with van der Waals surface area (Å²) in [5.41, 5.74) is 8.23. The molecule has 0 bridgehead atoms. The molecule has 3 N–H and O–H groups in total. The summed E-state index contributed by atoms with van der Waals surface area (Å²) < 4.78 is 0. The molecule has 0 radical (unpaired) electrons. The zero-order valence-corrected chi connectivity index (χ0v) is 7.81. The highest BCUT2D eigenvalue weighted by Crippen LogP contribution is 2.33. The molecule has 0 saturated heterocycles. The van der Waals surface area contributed by atoms with Gasteiger partial charge in [-0.15, -0.1) is 0 Å². The van der Waals surface area contributed by atoms with Crippen molar-refractivity contribution >= 4 is 11.7 Å². The third kappa shape index (κ3) is 1.84. The van der Waals surface area contributed by atoms with E-state index < -0.39 is 6.03 Å². The second-order valence-corrected chi connectivity index (χ2v) is 3.66. The lowest BCUT2D eigenvalue weighted by molar-refractivity contribution is 0.249. The van der Waals surface area contributed by atoms with Crippen LogP contribution in [0.4, 0.5) is 4.79 Å². The van der Waals surface area contributed by atoms with E-state index >= 15 is 0 Å². The molecule has 2 amide bonds. The van der Waals surface area contributed by atoms with Crippen molar-refractivity contribution in [1.82, 2.24) is 5.43 Å². The number of nitrogens with zero attached hydrogens (tertiary/aromatic N) is 1. The van der Waals surface area contributed by atoms with E-state index in [1.54, 1.807) is 0 Å². The summed E-state index contributed by atoms with van der Waals surface area (Å²) in [6.45, 7) is 0. The Morgan fingerprint density at radius 1 is 1.36 bits per heavy atom. The molecule has 0 aromatic carbocycles. The second-order valence-electron chi connectivity index (χ2n) is 3.66. The van der Waals surface area contributed by atoms with Crippen LogP contribution in [0.1, 0.15) is 12.8 Å². The van der Waals surface area contributed by atoms with E-state index in [-0.39, 0.29) is 0 Å². The summed E-state index contributed by atoms with van der Waals surface area (Å²) in [6, 6.07) is -0.599. The Hall–Kier alpha value is -1.58. The van der Waals surface area contributed by atoms with Crippen LogP contribution in [0.25, 0.3) is 0 Å². The molecule has 2 rings (SSSR count). The van der Waals surface area contributed by atoms with Crippen LogP contribution in [0.5, 0.6) is 0 Å².